The Morgan fingerprint density at radius 2 is 2.30 bits per heavy atom. The third kappa shape index (κ3) is 4.53. The lowest BCUT2D eigenvalue weighted by atomic mass is 10.2. The van der Waals surface area contributed by atoms with Gasteiger partial charge in [-0.25, -0.2) is 13.1 Å². The van der Waals surface area contributed by atoms with Crippen LogP contribution in [0.3, 0.4) is 0 Å². The molecule has 0 bridgehead atoms. The Hall–Kier alpha value is -0.470. The highest BCUT2D eigenvalue weighted by Crippen LogP contribution is 2.21. The van der Waals surface area contributed by atoms with E-state index in [4.69, 9.17) is 4.74 Å². The Kier molecular flexibility index (Phi) is 5.98. The summed E-state index contributed by atoms with van der Waals surface area (Å²) in [6, 6.07) is 3.54. The van der Waals surface area contributed by atoms with E-state index in [0.29, 0.717) is 10.8 Å². The highest BCUT2D eigenvalue weighted by atomic mass is 32.2. The molecular weight excluding hydrogens is 296 g/mol. The molecule has 1 aliphatic heterocycles. The van der Waals surface area contributed by atoms with E-state index in [2.05, 4.69) is 17.0 Å². The van der Waals surface area contributed by atoms with Gasteiger partial charge in [-0.1, -0.05) is 6.92 Å². The molecule has 1 unspecified atom stereocenters. The van der Waals surface area contributed by atoms with Crippen molar-refractivity contribution in [3.8, 4) is 0 Å². The van der Waals surface area contributed by atoms with Crippen molar-refractivity contribution < 1.29 is 13.2 Å². The molecule has 1 aromatic heterocycles. The van der Waals surface area contributed by atoms with Crippen molar-refractivity contribution in [1.82, 2.24) is 10.0 Å². The van der Waals surface area contributed by atoms with Crippen LogP contribution in [0.2, 0.25) is 0 Å². The average Bonchev–Trinajstić information content (AvgIpc) is 3.08. The molecule has 1 aliphatic rings. The van der Waals surface area contributed by atoms with Crippen molar-refractivity contribution in [2.45, 2.75) is 43.0 Å². The Balaban J connectivity index is 1.88. The summed E-state index contributed by atoms with van der Waals surface area (Å²) >= 11 is 1.32. The molecule has 0 aromatic carbocycles. The standard InChI is InChI=1S/C13H22N2O3S2/c1-2-7-14-10-12-5-6-13(19-12)20(16,17)15-9-11-4-3-8-18-11/h5-6,11,14-15H,2-4,7-10H2,1H3. The van der Waals surface area contributed by atoms with Crippen LogP contribution in [-0.2, 0) is 21.3 Å². The SMILES string of the molecule is CCCNCc1ccc(S(=O)(=O)NCC2CCCO2)s1. The smallest absolute Gasteiger partial charge is 0.250 e. The van der Waals surface area contributed by atoms with Crippen molar-refractivity contribution in [3.05, 3.63) is 17.0 Å². The summed E-state index contributed by atoms with van der Waals surface area (Å²) < 4.78 is 32.7. The quantitative estimate of drug-likeness (QED) is 0.716. The second-order valence-corrected chi connectivity index (χ2v) is 8.05. The maximum Gasteiger partial charge on any atom is 0.250 e. The van der Waals surface area contributed by atoms with E-state index < -0.39 is 10.0 Å². The molecule has 2 rings (SSSR count). The number of rotatable bonds is 8. The number of hydrogen-bond acceptors (Lipinski definition) is 5. The molecule has 0 spiro atoms. The zero-order valence-electron chi connectivity index (χ0n) is 11.7. The number of nitrogens with one attached hydrogen (secondary N) is 2. The predicted molar refractivity (Wildman–Crippen MR) is 80.5 cm³/mol. The molecule has 1 aromatic rings. The largest absolute Gasteiger partial charge is 0.377 e. The number of hydrogen-bond donors (Lipinski definition) is 2. The zero-order valence-corrected chi connectivity index (χ0v) is 13.4. The molecule has 0 radical (unpaired) electrons. The number of thiophene rings is 1. The maximum absolute atomic E-state index is 12.2. The van der Waals surface area contributed by atoms with E-state index in [1.165, 1.54) is 11.3 Å². The minimum Gasteiger partial charge on any atom is -0.377 e. The average molecular weight is 318 g/mol. The molecule has 0 aliphatic carbocycles. The number of ether oxygens (including phenoxy) is 1. The summed E-state index contributed by atoms with van der Waals surface area (Å²) in [7, 11) is -3.40. The highest BCUT2D eigenvalue weighted by Gasteiger charge is 2.21. The molecule has 20 heavy (non-hydrogen) atoms. The fourth-order valence-corrected chi connectivity index (χ4v) is 4.50. The topological polar surface area (TPSA) is 67.4 Å². The molecule has 114 valence electrons. The summed E-state index contributed by atoms with van der Waals surface area (Å²) in [5, 5.41) is 3.27. The van der Waals surface area contributed by atoms with Gasteiger partial charge in [0.2, 0.25) is 10.0 Å². The van der Waals surface area contributed by atoms with Gasteiger partial charge in [0.25, 0.3) is 0 Å². The first-order chi connectivity index (χ1) is 9.62. The van der Waals surface area contributed by atoms with Gasteiger partial charge >= 0.3 is 0 Å². The monoisotopic (exact) mass is 318 g/mol. The second-order valence-electron chi connectivity index (χ2n) is 4.88. The molecule has 1 atom stereocenters. The van der Waals surface area contributed by atoms with E-state index >= 15 is 0 Å². The Morgan fingerprint density at radius 3 is 3.00 bits per heavy atom. The number of sulfonamides is 1. The molecule has 2 N–H and O–H groups in total. The lowest BCUT2D eigenvalue weighted by molar-refractivity contribution is 0.114. The first-order valence-corrected chi connectivity index (χ1v) is 9.32. The van der Waals surface area contributed by atoms with Crippen molar-refractivity contribution in [3.63, 3.8) is 0 Å². The van der Waals surface area contributed by atoms with Crippen molar-refractivity contribution in [2.75, 3.05) is 19.7 Å². The van der Waals surface area contributed by atoms with Gasteiger partial charge in [0.1, 0.15) is 4.21 Å². The van der Waals surface area contributed by atoms with E-state index in [9.17, 15) is 8.42 Å². The molecule has 2 heterocycles. The summed E-state index contributed by atoms with van der Waals surface area (Å²) in [6.45, 7) is 4.87. The summed E-state index contributed by atoms with van der Waals surface area (Å²) in [4.78, 5) is 1.04. The van der Waals surface area contributed by atoms with Crippen LogP contribution in [0.1, 0.15) is 31.1 Å². The summed E-state index contributed by atoms with van der Waals surface area (Å²) in [5.74, 6) is 0. The molecule has 1 saturated heterocycles. The van der Waals surface area contributed by atoms with Gasteiger partial charge in [-0.3, -0.25) is 0 Å². The fraction of sp³-hybridized carbons (Fsp3) is 0.692. The third-order valence-electron chi connectivity index (χ3n) is 3.15. The van der Waals surface area contributed by atoms with Crippen LogP contribution >= 0.6 is 11.3 Å². The minimum atomic E-state index is -3.40. The van der Waals surface area contributed by atoms with Gasteiger partial charge in [-0.15, -0.1) is 11.3 Å². The molecular formula is C13H22N2O3S2. The first kappa shape index (κ1) is 15.9. The summed E-state index contributed by atoms with van der Waals surface area (Å²) in [6.07, 6.45) is 3.03. The van der Waals surface area contributed by atoms with Crippen LogP contribution in [0.15, 0.2) is 16.3 Å². The van der Waals surface area contributed by atoms with Gasteiger partial charge in [0, 0.05) is 24.6 Å². The minimum absolute atomic E-state index is 0.0235. The van der Waals surface area contributed by atoms with Crippen LogP contribution in [0.4, 0.5) is 0 Å². The maximum atomic E-state index is 12.2. The van der Waals surface area contributed by atoms with Crippen molar-refractivity contribution >= 4 is 21.4 Å². The van der Waals surface area contributed by atoms with Crippen molar-refractivity contribution in [2.24, 2.45) is 0 Å². The van der Waals surface area contributed by atoms with Crippen molar-refractivity contribution in [1.29, 1.82) is 0 Å². The Bertz CT molecular complexity index is 507. The van der Waals surface area contributed by atoms with E-state index in [1.807, 2.05) is 6.07 Å². The fourth-order valence-electron chi connectivity index (χ4n) is 2.07. The van der Waals surface area contributed by atoms with Crippen LogP contribution in [-0.4, -0.2) is 34.2 Å². The highest BCUT2D eigenvalue weighted by molar-refractivity contribution is 7.91. The third-order valence-corrected chi connectivity index (χ3v) is 6.15. The lowest BCUT2D eigenvalue weighted by Crippen LogP contribution is -2.31. The predicted octanol–water partition coefficient (Wildman–Crippen LogP) is 1.70. The first-order valence-electron chi connectivity index (χ1n) is 7.02. The summed E-state index contributed by atoms with van der Waals surface area (Å²) in [5.41, 5.74) is 0. The van der Waals surface area contributed by atoms with E-state index in [-0.39, 0.29) is 6.10 Å². The van der Waals surface area contributed by atoms with Crippen LogP contribution in [0.5, 0.6) is 0 Å². The second kappa shape index (κ2) is 7.51. The lowest BCUT2D eigenvalue weighted by Gasteiger charge is -2.10. The van der Waals surface area contributed by atoms with Gasteiger partial charge in [-0.05, 0) is 37.9 Å². The van der Waals surface area contributed by atoms with Crippen LogP contribution in [0.25, 0.3) is 0 Å². The molecule has 0 amide bonds. The van der Waals surface area contributed by atoms with E-state index in [1.54, 1.807) is 6.07 Å². The van der Waals surface area contributed by atoms with Gasteiger partial charge in [0.05, 0.1) is 6.10 Å². The van der Waals surface area contributed by atoms with E-state index in [0.717, 1.165) is 43.8 Å². The zero-order chi connectivity index (χ0) is 14.4. The van der Waals surface area contributed by atoms with Crippen LogP contribution < -0.4 is 10.0 Å². The van der Waals surface area contributed by atoms with Crippen LogP contribution in [0, 0.1) is 0 Å². The molecule has 0 saturated carbocycles. The molecule has 5 nitrogen and oxygen atoms in total. The Labute approximate surface area is 124 Å². The van der Waals surface area contributed by atoms with Gasteiger partial charge < -0.3 is 10.1 Å². The Morgan fingerprint density at radius 1 is 1.45 bits per heavy atom. The molecule has 7 heteroatoms. The van der Waals surface area contributed by atoms with Gasteiger partial charge in [-0.2, -0.15) is 0 Å². The van der Waals surface area contributed by atoms with Gasteiger partial charge in [0.15, 0.2) is 0 Å². The molecule has 1 fully saturated rings. The normalized spacial score (nSPS) is 19.6.